The number of hydrogen-bond donors (Lipinski definition) is 0. The Balaban J connectivity index is 1.68. The van der Waals surface area contributed by atoms with E-state index >= 15 is 0 Å². The second-order valence-corrected chi connectivity index (χ2v) is 5.73. The molecular formula is C17H10Cl2FNO3. The highest BCUT2D eigenvalue weighted by Gasteiger charge is 2.14. The second kappa shape index (κ2) is 7.03. The Morgan fingerprint density at radius 2 is 1.88 bits per heavy atom. The number of ether oxygens (including phenoxy) is 1. The Morgan fingerprint density at radius 3 is 2.62 bits per heavy atom. The van der Waals surface area contributed by atoms with Gasteiger partial charge in [-0.05, 0) is 42.5 Å². The van der Waals surface area contributed by atoms with Gasteiger partial charge in [-0.2, -0.15) is 0 Å². The summed E-state index contributed by atoms with van der Waals surface area (Å²) in [6.07, 6.45) is 0. The number of aromatic nitrogens is 1. The van der Waals surface area contributed by atoms with Crippen LogP contribution in [-0.2, 0) is 11.3 Å². The highest BCUT2D eigenvalue weighted by molar-refractivity contribution is 6.35. The van der Waals surface area contributed by atoms with E-state index in [1.807, 2.05) is 0 Å². The fraction of sp³-hybridized carbons (Fsp3) is 0.0588. The molecule has 1 heterocycles. The number of rotatable bonds is 4. The third-order valence-corrected chi connectivity index (χ3v) is 3.75. The standard InChI is InChI=1S/C17H10Cl2FNO3/c18-11-3-6-15(19)14(7-11)17(22)23-9-13-8-16(24-21-13)10-1-4-12(20)5-2-10/h1-8H,9H2. The molecule has 0 atom stereocenters. The fourth-order valence-corrected chi connectivity index (χ4v) is 2.37. The molecule has 0 saturated carbocycles. The minimum atomic E-state index is -0.617. The first-order chi connectivity index (χ1) is 11.5. The summed E-state index contributed by atoms with van der Waals surface area (Å²) in [7, 11) is 0. The van der Waals surface area contributed by atoms with Crippen molar-refractivity contribution in [3.8, 4) is 11.3 Å². The van der Waals surface area contributed by atoms with Crippen molar-refractivity contribution in [2.75, 3.05) is 0 Å². The average Bonchev–Trinajstić information content (AvgIpc) is 3.04. The van der Waals surface area contributed by atoms with E-state index in [2.05, 4.69) is 5.16 Å². The van der Waals surface area contributed by atoms with Crippen molar-refractivity contribution < 1.29 is 18.4 Å². The minimum absolute atomic E-state index is 0.0909. The molecule has 0 spiro atoms. The van der Waals surface area contributed by atoms with Crippen LogP contribution in [0.15, 0.2) is 53.1 Å². The zero-order valence-corrected chi connectivity index (χ0v) is 13.6. The summed E-state index contributed by atoms with van der Waals surface area (Å²) < 4.78 is 23.2. The van der Waals surface area contributed by atoms with E-state index in [1.165, 1.54) is 24.3 Å². The van der Waals surface area contributed by atoms with Gasteiger partial charge in [0.1, 0.15) is 18.1 Å². The van der Waals surface area contributed by atoms with Gasteiger partial charge in [0.2, 0.25) is 0 Å². The minimum Gasteiger partial charge on any atom is -0.455 e. The van der Waals surface area contributed by atoms with Gasteiger partial charge in [0, 0.05) is 16.7 Å². The van der Waals surface area contributed by atoms with Gasteiger partial charge in [0.05, 0.1) is 10.6 Å². The van der Waals surface area contributed by atoms with Crippen LogP contribution < -0.4 is 0 Å². The first-order valence-corrected chi connectivity index (χ1v) is 7.62. The SMILES string of the molecule is O=C(OCc1cc(-c2ccc(F)cc2)on1)c1cc(Cl)ccc1Cl. The van der Waals surface area contributed by atoms with Gasteiger partial charge in [0.15, 0.2) is 5.76 Å². The third kappa shape index (κ3) is 3.75. The number of benzene rings is 2. The molecule has 0 fully saturated rings. The molecule has 0 bridgehead atoms. The molecule has 1 aromatic heterocycles. The summed E-state index contributed by atoms with van der Waals surface area (Å²) in [5.41, 5.74) is 1.26. The van der Waals surface area contributed by atoms with E-state index in [0.29, 0.717) is 22.0 Å². The number of hydrogen-bond acceptors (Lipinski definition) is 4. The normalized spacial score (nSPS) is 10.6. The smallest absolute Gasteiger partial charge is 0.340 e. The van der Waals surface area contributed by atoms with E-state index < -0.39 is 5.97 Å². The van der Waals surface area contributed by atoms with Crippen LogP contribution >= 0.6 is 23.2 Å². The number of carbonyl (C=O) groups is 1. The highest BCUT2D eigenvalue weighted by Crippen LogP contribution is 2.23. The zero-order chi connectivity index (χ0) is 17.1. The number of carbonyl (C=O) groups excluding carboxylic acids is 1. The quantitative estimate of drug-likeness (QED) is 0.600. The molecule has 0 aliphatic carbocycles. The van der Waals surface area contributed by atoms with Crippen molar-refractivity contribution in [3.63, 3.8) is 0 Å². The maximum Gasteiger partial charge on any atom is 0.340 e. The van der Waals surface area contributed by atoms with E-state index in [4.69, 9.17) is 32.5 Å². The molecule has 7 heteroatoms. The van der Waals surface area contributed by atoms with Gasteiger partial charge in [-0.15, -0.1) is 0 Å². The van der Waals surface area contributed by atoms with Crippen molar-refractivity contribution in [2.24, 2.45) is 0 Å². The predicted octanol–water partition coefficient (Wildman–Crippen LogP) is 5.14. The predicted molar refractivity (Wildman–Crippen MR) is 87.5 cm³/mol. The Hall–Kier alpha value is -2.37. The lowest BCUT2D eigenvalue weighted by molar-refractivity contribution is 0.0464. The molecule has 4 nitrogen and oxygen atoms in total. The van der Waals surface area contributed by atoms with Gasteiger partial charge in [-0.25, -0.2) is 9.18 Å². The molecule has 3 rings (SSSR count). The molecular weight excluding hydrogens is 356 g/mol. The highest BCUT2D eigenvalue weighted by atomic mass is 35.5. The van der Waals surface area contributed by atoms with Crippen LogP contribution in [0.3, 0.4) is 0 Å². The van der Waals surface area contributed by atoms with E-state index in [1.54, 1.807) is 24.3 Å². The lowest BCUT2D eigenvalue weighted by Crippen LogP contribution is -2.06. The lowest BCUT2D eigenvalue weighted by atomic mass is 10.1. The molecule has 0 radical (unpaired) electrons. The van der Waals surface area contributed by atoms with Crippen molar-refractivity contribution in [3.05, 3.63) is 75.7 Å². The molecule has 0 unspecified atom stereocenters. The van der Waals surface area contributed by atoms with Crippen molar-refractivity contribution >= 4 is 29.2 Å². The van der Waals surface area contributed by atoms with Crippen LogP contribution in [0.1, 0.15) is 16.1 Å². The summed E-state index contributed by atoms with van der Waals surface area (Å²) in [5.74, 6) is -0.513. The number of halogens is 3. The van der Waals surface area contributed by atoms with Crippen LogP contribution in [0, 0.1) is 5.82 Å². The van der Waals surface area contributed by atoms with E-state index in [9.17, 15) is 9.18 Å². The molecule has 0 N–H and O–H groups in total. The summed E-state index contributed by atoms with van der Waals surface area (Å²) in [5, 5.41) is 4.44. The fourth-order valence-electron chi connectivity index (χ4n) is 2.00. The van der Waals surface area contributed by atoms with Crippen LogP contribution in [0.5, 0.6) is 0 Å². The van der Waals surface area contributed by atoms with Crippen LogP contribution in [0.4, 0.5) is 4.39 Å². The van der Waals surface area contributed by atoms with Crippen molar-refractivity contribution in [1.82, 2.24) is 5.16 Å². The first kappa shape index (κ1) is 16.5. The van der Waals surface area contributed by atoms with E-state index in [-0.39, 0.29) is 23.0 Å². The third-order valence-electron chi connectivity index (χ3n) is 3.19. The summed E-state index contributed by atoms with van der Waals surface area (Å²) in [6.45, 7) is -0.0909. The molecule has 0 amide bonds. The van der Waals surface area contributed by atoms with Gasteiger partial charge >= 0.3 is 5.97 Å². The van der Waals surface area contributed by atoms with Crippen LogP contribution in [0.2, 0.25) is 10.0 Å². The summed E-state index contributed by atoms with van der Waals surface area (Å²) >= 11 is 11.8. The maximum atomic E-state index is 12.9. The summed E-state index contributed by atoms with van der Waals surface area (Å²) in [6, 6.07) is 11.9. The zero-order valence-electron chi connectivity index (χ0n) is 12.1. The van der Waals surface area contributed by atoms with Crippen molar-refractivity contribution in [1.29, 1.82) is 0 Å². The van der Waals surface area contributed by atoms with Crippen LogP contribution in [-0.4, -0.2) is 11.1 Å². The molecule has 0 aliphatic rings. The monoisotopic (exact) mass is 365 g/mol. The molecule has 2 aromatic carbocycles. The first-order valence-electron chi connectivity index (χ1n) is 6.86. The molecule has 0 saturated heterocycles. The average molecular weight is 366 g/mol. The molecule has 0 aliphatic heterocycles. The van der Waals surface area contributed by atoms with Gasteiger partial charge < -0.3 is 9.26 Å². The van der Waals surface area contributed by atoms with E-state index in [0.717, 1.165) is 0 Å². The van der Waals surface area contributed by atoms with Gasteiger partial charge in [-0.1, -0.05) is 28.4 Å². The topological polar surface area (TPSA) is 52.3 Å². The second-order valence-electron chi connectivity index (χ2n) is 4.89. The van der Waals surface area contributed by atoms with Gasteiger partial charge in [-0.3, -0.25) is 0 Å². The largest absolute Gasteiger partial charge is 0.455 e. The molecule has 24 heavy (non-hydrogen) atoms. The maximum absolute atomic E-state index is 12.9. The Bertz CT molecular complexity index is 878. The van der Waals surface area contributed by atoms with Gasteiger partial charge in [0.25, 0.3) is 0 Å². The Morgan fingerprint density at radius 1 is 1.12 bits per heavy atom. The molecule has 122 valence electrons. The lowest BCUT2D eigenvalue weighted by Gasteiger charge is -2.04. The van der Waals surface area contributed by atoms with Crippen LogP contribution in [0.25, 0.3) is 11.3 Å². The summed E-state index contributed by atoms with van der Waals surface area (Å²) in [4.78, 5) is 12.0. The Labute approximate surface area is 146 Å². The van der Waals surface area contributed by atoms with Crippen molar-refractivity contribution in [2.45, 2.75) is 6.61 Å². The molecule has 3 aromatic rings. The number of nitrogens with zero attached hydrogens (tertiary/aromatic N) is 1. The Kier molecular flexibility index (Phi) is 4.83. The number of esters is 1.